The molecule has 1 saturated heterocycles. The zero-order valence-electron chi connectivity index (χ0n) is 21.4. The van der Waals surface area contributed by atoms with Crippen molar-refractivity contribution in [2.45, 2.75) is 31.5 Å². The van der Waals surface area contributed by atoms with Crippen LogP contribution in [0, 0.1) is 0 Å². The Kier molecular flexibility index (Phi) is 7.74. The molecule has 0 aromatic carbocycles. The number of aromatic nitrogens is 5. The fourth-order valence-electron chi connectivity index (χ4n) is 4.03. The number of ketones is 1. The van der Waals surface area contributed by atoms with Crippen LogP contribution in [0.3, 0.4) is 0 Å². The highest BCUT2D eigenvalue weighted by Gasteiger charge is 2.37. The summed E-state index contributed by atoms with van der Waals surface area (Å²) < 4.78 is 7.92. The van der Waals surface area contributed by atoms with Crippen molar-refractivity contribution in [2.24, 2.45) is 19.1 Å². The highest BCUT2D eigenvalue weighted by Crippen LogP contribution is 2.22. The molecule has 1 fully saturated rings. The van der Waals surface area contributed by atoms with Gasteiger partial charge >= 0.3 is 5.97 Å². The summed E-state index contributed by atoms with van der Waals surface area (Å²) in [6.07, 6.45) is 7.69. The summed E-state index contributed by atoms with van der Waals surface area (Å²) in [5.74, 6) is -0.454. The molecular weight excluding hydrogens is 510 g/mol. The smallest absolute Gasteiger partial charge is 0.307 e. The minimum atomic E-state index is -0.487. The molecular formula is C25H25N7O7. The van der Waals surface area contributed by atoms with E-state index >= 15 is 0 Å². The lowest BCUT2D eigenvalue weighted by molar-refractivity contribution is -0.170. The normalized spacial score (nSPS) is 19.3. The van der Waals surface area contributed by atoms with Crippen molar-refractivity contribution < 1.29 is 19.1 Å². The molecule has 0 bridgehead atoms. The molecule has 3 aromatic rings. The number of carbonyl (C=O) groups excluding carboxylic acids is 3. The Morgan fingerprint density at radius 2 is 1.64 bits per heavy atom. The Labute approximate surface area is 220 Å². The van der Waals surface area contributed by atoms with E-state index in [1.807, 2.05) is 0 Å². The first-order valence-corrected chi connectivity index (χ1v) is 11.9. The van der Waals surface area contributed by atoms with Gasteiger partial charge in [0, 0.05) is 33.6 Å². The van der Waals surface area contributed by atoms with E-state index in [0.717, 1.165) is 0 Å². The van der Waals surface area contributed by atoms with Crippen LogP contribution in [0.1, 0.15) is 24.2 Å². The van der Waals surface area contributed by atoms with E-state index < -0.39 is 6.23 Å². The molecule has 14 nitrogen and oxygen atoms in total. The molecule has 5 heterocycles. The molecule has 1 N–H and O–H groups in total. The number of aromatic amines is 1. The first-order chi connectivity index (χ1) is 18.5. The third-order valence-corrected chi connectivity index (χ3v) is 6.32. The maximum atomic E-state index is 11.2. The van der Waals surface area contributed by atoms with Crippen molar-refractivity contribution in [3.63, 3.8) is 0 Å². The quantitative estimate of drug-likeness (QED) is 0.357. The maximum Gasteiger partial charge on any atom is 0.307 e. The van der Waals surface area contributed by atoms with E-state index in [2.05, 4.69) is 19.9 Å². The number of nitrogens with one attached hydrogen (secondary N) is 1. The predicted molar refractivity (Wildman–Crippen MR) is 139 cm³/mol. The lowest BCUT2D eigenvalue weighted by Crippen LogP contribution is -2.52. The van der Waals surface area contributed by atoms with Crippen molar-refractivity contribution in [3.05, 3.63) is 73.1 Å². The van der Waals surface area contributed by atoms with Crippen LogP contribution in [0.5, 0.6) is 0 Å². The second-order valence-corrected chi connectivity index (χ2v) is 8.89. The molecule has 2 aliphatic heterocycles. The van der Waals surface area contributed by atoms with Gasteiger partial charge < -0.3 is 23.8 Å². The van der Waals surface area contributed by atoms with E-state index in [0.29, 0.717) is 35.4 Å². The van der Waals surface area contributed by atoms with Crippen LogP contribution in [0.4, 0.5) is 0 Å². The average molecular weight is 536 g/mol. The molecule has 2 unspecified atom stereocenters. The van der Waals surface area contributed by atoms with Gasteiger partial charge in [-0.05, 0) is 24.6 Å². The van der Waals surface area contributed by atoms with E-state index in [-0.39, 0.29) is 46.8 Å². The van der Waals surface area contributed by atoms with E-state index in [1.54, 1.807) is 33.3 Å². The Balaban J connectivity index is 0.000000136. The maximum absolute atomic E-state index is 11.2. The van der Waals surface area contributed by atoms with Gasteiger partial charge in [0.2, 0.25) is 5.56 Å². The molecule has 3 aromatic heterocycles. The minimum Gasteiger partial charge on any atom is -0.439 e. The SMILES string of the molecule is CN1C(=O)C=NC2CCC(=O)OC21.Cn1c(=O)cnc2[nH]c(=O)ccc21.Cn1c2c(ncc1=O)C=CC(=O)C2. The third kappa shape index (κ3) is 5.95. The third-order valence-electron chi connectivity index (χ3n) is 6.32. The molecule has 39 heavy (non-hydrogen) atoms. The summed E-state index contributed by atoms with van der Waals surface area (Å²) in [6, 6.07) is 2.87. The van der Waals surface area contributed by atoms with Crippen LogP contribution in [-0.4, -0.2) is 72.2 Å². The van der Waals surface area contributed by atoms with Crippen LogP contribution in [0.15, 0.2) is 50.0 Å². The summed E-state index contributed by atoms with van der Waals surface area (Å²) in [5, 5.41) is 0. The van der Waals surface area contributed by atoms with E-state index in [1.165, 1.54) is 44.8 Å². The first-order valence-electron chi connectivity index (χ1n) is 11.9. The average Bonchev–Trinajstić information content (AvgIpc) is 2.92. The number of hydrogen-bond donors (Lipinski definition) is 1. The Hall–Kier alpha value is -5.01. The van der Waals surface area contributed by atoms with Gasteiger partial charge in [0.1, 0.15) is 6.04 Å². The van der Waals surface area contributed by atoms with Gasteiger partial charge in [0.25, 0.3) is 17.0 Å². The van der Waals surface area contributed by atoms with Gasteiger partial charge in [0.05, 0.1) is 41.9 Å². The summed E-state index contributed by atoms with van der Waals surface area (Å²) in [4.78, 5) is 82.1. The highest BCUT2D eigenvalue weighted by molar-refractivity contribution is 6.26. The molecule has 0 radical (unpaired) electrons. The van der Waals surface area contributed by atoms with Crippen LogP contribution < -0.4 is 16.7 Å². The van der Waals surface area contributed by atoms with Crippen molar-refractivity contribution in [1.29, 1.82) is 0 Å². The van der Waals surface area contributed by atoms with Gasteiger partial charge in [-0.2, -0.15) is 0 Å². The zero-order chi connectivity index (χ0) is 28.3. The fourth-order valence-corrected chi connectivity index (χ4v) is 4.03. The number of allylic oxidation sites excluding steroid dienone is 1. The number of rotatable bonds is 0. The lowest BCUT2D eigenvalue weighted by Gasteiger charge is -2.36. The number of amides is 1. The fraction of sp³-hybridized carbons (Fsp3) is 0.320. The number of hydrogen-bond acceptors (Lipinski definition) is 10. The number of likely N-dealkylation sites (N-methyl/N-ethyl adjacent to an activating group) is 1. The van der Waals surface area contributed by atoms with Crippen molar-refractivity contribution in [3.8, 4) is 0 Å². The molecule has 0 spiro atoms. The van der Waals surface area contributed by atoms with Crippen LogP contribution in [0.25, 0.3) is 17.2 Å². The number of nitrogens with zero attached hydrogens (tertiary/aromatic N) is 6. The lowest BCUT2D eigenvalue weighted by atomic mass is 10.1. The Bertz CT molecular complexity index is 1700. The number of ether oxygens (including phenoxy) is 1. The molecule has 202 valence electrons. The van der Waals surface area contributed by atoms with E-state index in [4.69, 9.17) is 4.74 Å². The molecule has 3 aliphatic rings. The van der Waals surface area contributed by atoms with Crippen molar-refractivity contribution >= 4 is 41.1 Å². The molecule has 6 rings (SSSR count). The molecule has 1 aliphatic carbocycles. The zero-order valence-corrected chi connectivity index (χ0v) is 21.4. The number of H-pyrrole nitrogens is 1. The van der Waals surface area contributed by atoms with Crippen LogP contribution in [-0.2, 0) is 39.6 Å². The first kappa shape index (κ1) is 27.0. The van der Waals surface area contributed by atoms with Crippen LogP contribution in [0.2, 0.25) is 0 Å². The number of aryl methyl sites for hydroxylation is 1. The van der Waals surface area contributed by atoms with Crippen LogP contribution >= 0.6 is 0 Å². The molecule has 1 amide bonds. The second kappa shape index (κ2) is 11.2. The molecule has 14 heteroatoms. The van der Waals surface area contributed by atoms with Gasteiger partial charge in [0.15, 0.2) is 17.7 Å². The number of aliphatic imine (C=N–C) groups is 1. The van der Waals surface area contributed by atoms with Gasteiger partial charge in [-0.25, -0.2) is 9.97 Å². The predicted octanol–water partition coefficient (Wildman–Crippen LogP) is -0.899. The van der Waals surface area contributed by atoms with Gasteiger partial charge in [-0.15, -0.1) is 0 Å². The topological polar surface area (TPSA) is 179 Å². The Morgan fingerprint density at radius 3 is 2.41 bits per heavy atom. The van der Waals surface area contributed by atoms with Gasteiger partial charge in [-0.1, -0.05) is 0 Å². The monoisotopic (exact) mass is 535 g/mol. The molecule has 0 saturated carbocycles. The number of fused-ring (bicyclic) bond motifs is 3. The largest absolute Gasteiger partial charge is 0.439 e. The van der Waals surface area contributed by atoms with Crippen molar-refractivity contribution in [1.82, 2.24) is 29.0 Å². The summed E-state index contributed by atoms with van der Waals surface area (Å²) >= 11 is 0. The number of esters is 1. The molecule has 2 atom stereocenters. The minimum absolute atomic E-state index is 0.00972. The summed E-state index contributed by atoms with van der Waals surface area (Å²) in [6.45, 7) is 0. The summed E-state index contributed by atoms with van der Waals surface area (Å²) in [5.41, 5.74) is 1.85. The van der Waals surface area contributed by atoms with Gasteiger partial charge in [-0.3, -0.25) is 33.8 Å². The second-order valence-electron chi connectivity index (χ2n) is 8.89. The van der Waals surface area contributed by atoms with E-state index in [9.17, 15) is 28.8 Å². The number of carbonyl (C=O) groups is 3. The number of pyridine rings is 1. The highest BCUT2D eigenvalue weighted by atomic mass is 16.6. The Morgan fingerprint density at radius 1 is 0.923 bits per heavy atom. The van der Waals surface area contributed by atoms with Crippen molar-refractivity contribution in [2.75, 3.05) is 7.05 Å². The standard InChI is InChI=1S/C9H8N2O2.C8H7N3O2.C8H10N2O3/c1-11-8-4-6(12)2-3-7(8)10-5-9(11)13;1-11-5-2-3-6(12)10-8(5)9-4-7(11)13;1-10-6(11)4-9-5-2-3-7(12)13-8(5)10/h2-3,5H,4H2,1H3;2-4H,1H3,(H,10,12);4-5,8H,2-3H2,1H3. The summed E-state index contributed by atoms with van der Waals surface area (Å²) in [7, 11) is 4.89.